The summed E-state index contributed by atoms with van der Waals surface area (Å²) >= 11 is 0. The predicted molar refractivity (Wildman–Crippen MR) is 62.3 cm³/mol. The van der Waals surface area contributed by atoms with Crippen molar-refractivity contribution in [3.8, 4) is 0 Å². The lowest BCUT2D eigenvalue weighted by molar-refractivity contribution is 0.103. The van der Waals surface area contributed by atoms with Gasteiger partial charge >= 0.3 is 0 Å². The SMILES string of the molecule is CCc1occc1C(=O)c1ccc(N)c(F)c1. The van der Waals surface area contributed by atoms with Crippen LogP contribution in [-0.2, 0) is 6.42 Å². The van der Waals surface area contributed by atoms with Gasteiger partial charge in [0.05, 0.1) is 17.5 Å². The highest BCUT2D eigenvalue weighted by molar-refractivity contribution is 6.09. The zero-order valence-corrected chi connectivity index (χ0v) is 9.37. The van der Waals surface area contributed by atoms with E-state index in [4.69, 9.17) is 10.2 Å². The van der Waals surface area contributed by atoms with E-state index in [0.717, 1.165) is 6.07 Å². The van der Waals surface area contributed by atoms with Gasteiger partial charge in [0.15, 0.2) is 5.78 Å². The largest absolute Gasteiger partial charge is 0.469 e. The van der Waals surface area contributed by atoms with Gasteiger partial charge in [-0.3, -0.25) is 4.79 Å². The molecule has 1 aromatic heterocycles. The Bertz CT molecular complexity index is 560. The molecule has 0 unspecified atom stereocenters. The fourth-order valence-corrected chi connectivity index (χ4v) is 1.64. The molecule has 0 amide bonds. The summed E-state index contributed by atoms with van der Waals surface area (Å²) in [5.74, 6) is -0.237. The van der Waals surface area contributed by atoms with Crippen LogP contribution in [0.1, 0.15) is 28.6 Å². The van der Waals surface area contributed by atoms with Crippen LogP contribution >= 0.6 is 0 Å². The third kappa shape index (κ3) is 2.06. The number of aryl methyl sites for hydroxylation is 1. The van der Waals surface area contributed by atoms with Crippen molar-refractivity contribution in [2.45, 2.75) is 13.3 Å². The van der Waals surface area contributed by atoms with Crippen LogP contribution in [0, 0.1) is 5.82 Å². The maximum Gasteiger partial charge on any atom is 0.196 e. The highest BCUT2D eigenvalue weighted by Gasteiger charge is 2.16. The normalized spacial score (nSPS) is 10.5. The van der Waals surface area contributed by atoms with E-state index in [1.807, 2.05) is 6.92 Å². The molecule has 0 atom stereocenters. The molecular formula is C13H12FNO2. The van der Waals surface area contributed by atoms with E-state index >= 15 is 0 Å². The van der Waals surface area contributed by atoms with Crippen molar-refractivity contribution in [3.05, 3.63) is 53.2 Å². The van der Waals surface area contributed by atoms with E-state index in [1.54, 1.807) is 6.07 Å². The van der Waals surface area contributed by atoms with E-state index in [2.05, 4.69) is 0 Å². The molecule has 0 fully saturated rings. The van der Waals surface area contributed by atoms with Crippen molar-refractivity contribution in [1.82, 2.24) is 0 Å². The molecule has 1 aromatic carbocycles. The van der Waals surface area contributed by atoms with E-state index < -0.39 is 5.82 Å². The number of nitrogen functional groups attached to an aromatic ring is 1. The number of carbonyl (C=O) groups excluding carboxylic acids is 1. The van der Waals surface area contributed by atoms with E-state index in [0.29, 0.717) is 17.7 Å². The summed E-state index contributed by atoms with van der Waals surface area (Å²) in [6.45, 7) is 1.89. The molecule has 0 aliphatic rings. The first-order valence-corrected chi connectivity index (χ1v) is 5.29. The maximum absolute atomic E-state index is 13.3. The van der Waals surface area contributed by atoms with Gasteiger partial charge in [-0.15, -0.1) is 0 Å². The Kier molecular flexibility index (Phi) is 2.95. The summed E-state index contributed by atoms with van der Waals surface area (Å²) in [7, 11) is 0. The van der Waals surface area contributed by atoms with Gasteiger partial charge in [-0.25, -0.2) is 4.39 Å². The number of nitrogens with two attached hydrogens (primary N) is 1. The molecule has 17 heavy (non-hydrogen) atoms. The van der Waals surface area contributed by atoms with Crippen LogP contribution in [0.3, 0.4) is 0 Å². The standard InChI is InChI=1S/C13H12FNO2/c1-2-12-9(5-6-17-12)13(16)8-3-4-11(15)10(14)7-8/h3-7H,2,15H2,1H3. The maximum atomic E-state index is 13.3. The average Bonchev–Trinajstić information content (AvgIpc) is 2.80. The highest BCUT2D eigenvalue weighted by Crippen LogP contribution is 2.19. The lowest BCUT2D eigenvalue weighted by Gasteiger charge is -2.02. The van der Waals surface area contributed by atoms with Crippen LogP contribution in [0.25, 0.3) is 0 Å². The van der Waals surface area contributed by atoms with Gasteiger partial charge < -0.3 is 10.2 Å². The van der Waals surface area contributed by atoms with Gasteiger partial charge in [0, 0.05) is 12.0 Å². The minimum absolute atomic E-state index is 0.0319. The summed E-state index contributed by atoms with van der Waals surface area (Å²) in [6.07, 6.45) is 2.07. The molecule has 3 nitrogen and oxygen atoms in total. The van der Waals surface area contributed by atoms with Crippen LogP contribution in [0.15, 0.2) is 34.9 Å². The van der Waals surface area contributed by atoms with Gasteiger partial charge in [0.1, 0.15) is 11.6 Å². The van der Waals surface area contributed by atoms with Crippen LogP contribution < -0.4 is 5.73 Å². The Hall–Kier alpha value is -2.10. The predicted octanol–water partition coefficient (Wildman–Crippen LogP) is 2.79. The van der Waals surface area contributed by atoms with Crippen LogP contribution in [0.4, 0.5) is 10.1 Å². The first-order chi connectivity index (χ1) is 8.13. The molecule has 4 heteroatoms. The lowest BCUT2D eigenvalue weighted by atomic mass is 10.0. The van der Waals surface area contributed by atoms with Crippen molar-refractivity contribution < 1.29 is 13.6 Å². The van der Waals surface area contributed by atoms with Crippen LogP contribution in [0.2, 0.25) is 0 Å². The zero-order chi connectivity index (χ0) is 12.4. The second-order valence-electron chi connectivity index (χ2n) is 3.68. The van der Waals surface area contributed by atoms with Gasteiger partial charge in [-0.1, -0.05) is 6.92 Å². The second kappa shape index (κ2) is 4.41. The molecule has 0 radical (unpaired) electrons. The molecule has 0 saturated heterocycles. The number of hydrogen-bond acceptors (Lipinski definition) is 3. The molecule has 0 bridgehead atoms. The first kappa shape index (κ1) is 11.4. The summed E-state index contributed by atoms with van der Waals surface area (Å²) in [5, 5.41) is 0. The molecule has 0 saturated carbocycles. The first-order valence-electron chi connectivity index (χ1n) is 5.29. The number of halogens is 1. The number of ketones is 1. The minimum atomic E-state index is -0.586. The van der Waals surface area contributed by atoms with Gasteiger partial charge in [0.2, 0.25) is 0 Å². The number of rotatable bonds is 3. The van der Waals surface area contributed by atoms with Crippen LogP contribution in [-0.4, -0.2) is 5.78 Å². The number of hydrogen-bond donors (Lipinski definition) is 1. The molecule has 2 aromatic rings. The zero-order valence-electron chi connectivity index (χ0n) is 9.37. The third-order valence-electron chi connectivity index (χ3n) is 2.57. The summed E-state index contributed by atoms with van der Waals surface area (Å²) < 4.78 is 18.4. The quantitative estimate of drug-likeness (QED) is 0.655. The monoisotopic (exact) mass is 233 g/mol. The van der Waals surface area contributed by atoms with Crippen molar-refractivity contribution in [2.24, 2.45) is 0 Å². The Morgan fingerprint density at radius 3 is 2.82 bits per heavy atom. The number of anilines is 1. The second-order valence-corrected chi connectivity index (χ2v) is 3.68. The fourth-order valence-electron chi connectivity index (χ4n) is 1.64. The summed E-state index contributed by atoms with van der Waals surface area (Å²) in [6, 6.07) is 5.63. The van der Waals surface area contributed by atoms with Crippen molar-refractivity contribution >= 4 is 11.5 Å². The third-order valence-corrected chi connectivity index (χ3v) is 2.57. The van der Waals surface area contributed by atoms with Gasteiger partial charge in [-0.05, 0) is 24.3 Å². The van der Waals surface area contributed by atoms with E-state index in [-0.39, 0.29) is 17.0 Å². The topological polar surface area (TPSA) is 56.2 Å². The molecule has 0 spiro atoms. The summed E-state index contributed by atoms with van der Waals surface area (Å²) in [4.78, 5) is 12.1. The molecule has 2 rings (SSSR count). The number of furan rings is 1. The minimum Gasteiger partial charge on any atom is -0.469 e. The fraction of sp³-hybridized carbons (Fsp3) is 0.154. The summed E-state index contributed by atoms with van der Waals surface area (Å²) in [5.41, 5.74) is 6.13. The van der Waals surface area contributed by atoms with Crippen molar-refractivity contribution in [2.75, 3.05) is 5.73 Å². The smallest absolute Gasteiger partial charge is 0.196 e. The van der Waals surface area contributed by atoms with Gasteiger partial charge in [-0.2, -0.15) is 0 Å². The Morgan fingerprint density at radius 2 is 2.18 bits per heavy atom. The van der Waals surface area contributed by atoms with Crippen molar-refractivity contribution in [3.63, 3.8) is 0 Å². The Labute approximate surface area is 98.0 Å². The lowest BCUT2D eigenvalue weighted by Crippen LogP contribution is -2.04. The molecule has 1 heterocycles. The molecule has 0 aliphatic carbocycles. The number of benzene rings is 1. The van der Waals surface area contributed by atoms with Crippen LogP contribution in [0.5, 0.6) is 0 Å². The number of carbonyl (C=O) groups is 1. The molecule has 88 valence electrons. The van der Waals surface area contributed by atoms with E-state index in [1.165, 1.54) is 18.4 Å². The highest BCUT2D eigenvalue weighted by atomic mass is 19.1. The Balaban J connectivity index is 2.40. The average molecular weight is 233 g/mol. The molecular weight excluding hydrogens is 221 g/mol. The van der Waals surface area contributed by atoms with Gasteiger partial charge in [0.25, 0.3) is 0 Å². The molecule has 0 aliphatic heterocycles. The van der Waals surface area contributed by atoms with E-state index in [9.17, 15) is 9.18 Å². The van der Waals surface area contributed by atoms with Crippen molar-refractivity contribution in [1.29, 1.82) is 0 Å². The Morgan fingerprint density at radius 1 is 1.41 bits per heavy atom. The molecule has 2 N–H and O–H groups in total.